The van der Waals surface area contributed by atoms with Crippen LogP contribution in [0.2, 0.25) is 0 Å². The first-order valence-corrected chi connectivity index (χ1v) is 3.98. The van der Waals surface area contributed by atoms with E-state index in [1.165, 1.54) is 8.40 Å². The molecule has 0 N–H and O–H groups in total. The molecule has 1 rings (SSSR count). The van der Waals surface area contributed by atoms with Crippen molar-refractivity contribution in [1.29, 1.82) is 0 Å². The Balaban J connectivity index is 3.04. The molecule has 0 aliphatic heterocycles. The molecule has 0 saturated heterocycles. The molecule has 0 bridgehead atoms. The summed E-state index contributed by atoms with van der Waals surface area (Å²) < 4.78 is 2.46. The van der Waals surface area contributed by atoms with Crippen LogP contribution in [0.5, 0.6) is 0 Å². The van der Waals surface area contributed by atoms with Gasteiger partial charge in [0.25, 0.3) is 0 Å². The average molecular weight is 195 g/mol. The lowest BCUT2D eigenvalue weighted by Gasteiger charge is -1.69. The Hall–Kier alpha value is 0.610. The lowest BCUT2D eigenvalue weighted by molar-refractivity contribution is 2.00. The van der Waals surface area contributed by atoms with Gasteiger partial charge in [-0.2, -0.15) is 0 Å². The van der Waals surface area contributed by atoms with E-state index in [1.807, 2.05) is 6.07 Å². The van der Waals surface area contributed by atoms with Crippen molar-refractivity contribution < 1.29 is 0 Å². The van der Waals surface area contributed by atoms with Crippen molar-refractivity contribution in [3.05, 3.63) is 15.9 Å². The topological polar surface area (TPSA) is 0 Å². The summed E-state index contributed by atoms with van der Waals surface area (Å²) >= 11 is 5.06. The number of rotatable bonds is 0. The van der Waals surface area contributed by atoms with Gasteiger partial charge in [-0.25, -0.2) is 0 Å². The molecule has 3 heteroatoms. The highest BCUT2D eigenvalue weighted by atomic mass is 79.9. The summed E-state index contributed by atoms with van der Waals surface area (Å²) in [5.74, 6) is 0. The summed E-state index contributed by atoms with van der Waals surface area (Å²) in [5.41, 5.74) is 0. The average Bonchev–Trinajstić information content (AvgIpc) is 1.87. The summed E-state index contributed by atoms with van der Waals surface area (Å²) in [7, 11) is 2.64. The molecule has 1 aromatic rings. The quantitative estimate of drug-likeness (QED) is 0.555. The fraction of sp³-hybridized carbons (Fsp3) is 0. The summed E-state index contributed by atoms with van der Waals surface area (Å²) in [4.78, 5) is 0. The van der Waals surface area contributed by atoms with Gasteiger partial charge in [0.2, 0.25) is 0 Å². The zero-order valence-corrected chi connectivity index (χ0v) is 7.08. The van der Waals surface area contributed by atoms with E-state index in [-0.39, 0.29) is 0 Å². The molecule has 0 aromatic carbocycles. The predicted octanol–water partition coefficient (Wildman–Crippen LogP) is 2.01. The van der Waals surface area contributed by atoms with Gasteiger partial charge in [0.05, 0.1) is 3.79 Å². The van der Waals surface area contributed by atoms with Gasteiger partial charge in [-0.1, -0.05) is 9.24 Å². The van der Waals surface area contributed by atoms with Gasteiger partial charge < -0.3 is 0 Å². The van der Waals surface area contributed by atoms with E-state index in [2.05, 4.69) is 31.2 Å². The Kier molecular flexibility index (Phi) is 1.85. The second kappa shape index (κ2) is 2.25. The first kappa shape index (κ1) is 5.74. The van der Waals surface area contributed by atoms with E-state index < -0.39 is 0 Å². The lowest BCUT2D eigenvalue weighted by Crippen LogP contribution is -1.69. The molecule has 7 heavy (non-hydrogen) atoms. The molecule has 0 radical (unpaired) electrons. The number of hydrogen-bond acceptors (Lipinski definition) is 1. The minimum absolute atomic E-state index is 1.19. The third-order valence-corrected chi connectivity index (χ3v) is 2.59. The SMILES string of the molecule is Pc1ccc(Br)s1. The van der Waals surface area contributed by atoms with E-state index >= 15 is 0 Å². The zero-order chi connectivity index (χ0) is 5.28. The Morgan fingerprint density at radius 3 is 2.43 bits per heavy atom. The number of hydrogen-bond donors (Lipinski definition) is 0. The van der Waals surface area contributed by atoms with Crippen molar-refractivity contribution in [3.8, 4) is 0 Å². The molecule has 1 aromatic heterocycles. The Bertz CT molecular complexity index is 144. The van der Waals surface area contributed by atoms with E-state index in [9.17, 15) is 0 Å². The Labute approximate surface area is 57.3 Å². The largest absolute Gasteiger partial charge is 0.129 e. The highest BCUT2D eigenvalue weighted by molar-refractivity contribution is 9.11. The maximum atomic E-state index is 3.34. The molecule has 0 aliphatic carbocycles. The van der Waals surface area contributed by atoms with Crippen LogP contribution in [0.15, 0.2) is 15.9 Å². The zero-order valence-electron chi connectivity index (χ0n) is 3.52. The van der Waals surface area contributed by atoms with Crippen LogP contribution in [0.25, 0.3) is 0 Å². The molecule has 0 aliphatic rings. The van der Waals surface area contributed by atoms with Gasteiger partial charge in [0.15, 0.2) is 0 Å². The van der Waals surface area contributed by atoms with Crippen molar-refractivity contribution >= 4 is 41.1 Å². The molecule has 0 amide bonds. The first-order valence-electron chi connectivity index (χ1n) is 1.80. The maximum Gasteiger partial charge on any atom is 0.0705 e. The third-order valence-electron chi connectivity index (χ3n) is 0.594. The van der Waals surface area contributed by atoms with Gasteiger partial charge in [0.1, 0.15) is 0 Å². The fourth-order valence-corrected chi connectivity index (χ4v) is 2.51. The lowest BCUT2D eigenvalue weighted by atomic mass is 10.7. The third kappa shape index (κ3) is 1.52. The Morgan fingerprint density at radius 1 is 1.57 bits per heavy atom. The molecule has 38 valence electrons. The highest BCUT2D eigenvalue weighted by Crippen LogP contribution is 2.15. The summed E-state index contributed by atoms with van der Waals surface area (Å²) in [6, 6.07) is 4.09. The maximum absolute atomic E-state index is 3.34. The summed E-state index contributed by atoms with van der Waals surface area (Å²) in [6.45, 7) is 0. The summed E-state index contributed by atoms with van der Waals surface area (Å²) in [6.07, 6.45) is 0. The molecule has 0 nitrogen and oxygen atoms in total. The monoisotopic (exact) mass is 194 g/mol. The predicted molar refractivity (Wildman–Crippen MR) is 41.4 cm³/mol. The van der Waals surface area contributed by atoms with Crippen LogP contribution < -0.4 is 4.62 Å². The van der Waals surface area contributed by atoms with Crippen molar-refractivity contribution in [2.45, 2.75) is 0 Å². The van der Waals surface area contributed by atoms with Crippen LogP contribution in [0.1, 0.15) is 0 Å². The van der Waals surface area contributed by atoms with E-state index in [1.54, 1.807) is 11.3 Å². The van der Waals surface area contributed by atoms with Crippen LogP contribution >= 0.6 is 36.5 Å². The van der Waals surface area contributed by atoms with Gasteiger partial charge in [0, 0.05) is 4.62 Å². The minimum Gasteiger partial charge on any atom is -0.129 e. The molecule has 0 saturated carbocycles. The van der Waals surface area contributed by atoms with Crippen LogP contribution in [0.4, 0.5) is 0 Å². The normalized spacial score (nSPS) is 9.43. The number of thiophene rings is 1. The van der Waals surface area contributed by atoms with Crippen molar-refractivity contribution in [1.82, 2.24) is 0 Å². The van der Waals surface area contributed by atoms with Gasteiger partial charge in [-0.15, -0.1) is 11.3 Å². The highest BCUT2D eigenvalue weighted by Gasteiger charge is 1.86. The van der Waals surface area contributed by atoms with Crippen LogP contribution in [0.3, 0.4) is 0 Å². The van der Waals surface area contributed by atoms with E-state index in [0.717, 1.165) is 0 Å². The number of halogens is 1. The molecule has 0 fully saturated rings. The standard InChI is InChI=1S/C4H4BrPS/c5-3-1-2-4(6)7-3/h1-2H,6H2. The molecule has 1 atom stereocenters. The molecule has 1 unspecified atom stereocenters. The van der Waals surface area contributed by atoms with Crippen molar-refractivity contribution in [2.75, 3.05) is 0 Å². The first-order chi connectivity index (χ1) is 3.29. The molecular weight excluding hydrogens is 191 g/mol. The minimum atomic E-state index is 1.19. The Morgan fingerprint density at radius 2 is 2.29 bits per heavy atom. The van der Waals surface area contributed by atoms with E-state index in [0.29, 0.717) is 0 Å². The smallest absolute Gasteiger partial charge is 0.0705 e. The van der Waals surface area contributed by atoms with Gasteiger partial charge >= 0.3 is 0 Å². The van der Waals surface area contributed by atoms with Crippen molar-refractivity contribution in [2.24, 2.45) is 0 Å². The van der Waals surface area contributed by atoms with Crippen LogP contribution in [-0.4, -0.2) is 0 Å². The molecule has 1 heterocycles. The fourth-order valence-electron chi connectivity index (χ4n) is 0.328. The van der Waals surface area contributed by atoms with E-state index in [4.69, 9.17) is 0 Å². The second-order valence-electron chi connectivity index (χ2n) is 1.14. The van der Waals surface area contributed by atoms with Crippen LogP contribution in [0, 0.1) is 0 Å². The van der Waals surface area contributed by atoms with Gasteiger partial charge in [-0.3, -0.25) is 0 Å². The summed E-state index contributed by atoms with van der Waals surface area (Å²) in [5, 5.41) is 0. The van der Waals surface area contributed by atoms with Gasteiger partial charge in [-0.05, 0) is 28.1 Å². The second-order valence-corrected chi connectivity index (χ2v) is 4.68. The van der Waals surface area contributed by atoms with Crippen LogP contribution in [-0.2, 0) is 0 Å². The molecular formula is C4H4BrPS. The van der Waals surface area contributed by atoms with Crippen molar-refractivity contribution in [3.63, 3.8) is 0 Å². The molecule has 0 spiro atoms.